The van der Waals surface area contributed by atoms with Gasteiger partial charge in [-0.25, -0.2) is 0 Å². The summed E-state index contributed by atoms with van der Waals surface area (Å²) in [4.78, 5) is 22.8. The molecule has 1 atom stereocenters. The van der Waals surface area contributed by atoms with Gasteiger partial charge >= 0.3 is 0 Å². The van der Waals surface area contributed by atoms with E-state index < -0.39 is 6.04 Å². The Balaban J connectivity index is 2.15. The zero-order valence-electron chi connectivity index (χ0n) is 10.2. The van der Waals surface area contributed by atoms with Gasteiger partial charge in [-0.2, -0.15) is 0 Å². The van der Waals surface area contributed by atoms with Gasteiger partial charge in [0, 0.05) is 5.69 Å². The normalized spacial score (nSPS) is 11.4. The van der Waals surface area contributed by atoms with Crippen LogP contribution in [-0.2, 0) is 9.59 Å². The Hall–Kier alpha value is -2.62. The second kappa shape index (κ2) is 6.35. The van der Waals surface area contributed by atoms with E-state index in [1.54, 1.807) is 24.3 Å². The van der Waals surface area contributed by atoms with E-state index in [9.17, 15) is 9.59 Å². The second-order valence-corrected chi connectivity index (χ2v) is 3.98. The fraction of sp³-hybridized carbons (Fsp3) is 0.0667. The molecule has 2 aromatic carbocycles. The van der Waals surface area contributed by atoms with Gasteiger partial charge in [0.2, 0.25) is 6.41 Å². The van der Waals surface area contributed by atoms with Crippen molar-refractivity contribution in [2.45, 2.75) is 6.04 Å². The third kappa shape index (κ3) is 3.42. The predicted octanol–water partition coefficient (Wildman–Crippen LogP) is 2.11. The van der Waals surface area contributed by atoms with Gasteiger partial charge in [0.1, 0.15) is 6.04 Å². The van der Waals surface area contributed by atoms with E-state index in [2.05, 4.69) is 10.6 Å². The molecule has 2 rings (SSSR count). The lowest BCUT2D eigenvalue weighted by Gasteiger charge is -2.16. The van der Waals surface area contributed by atoms with Crippen LogP contribution < -0.4 is 10.6 Å². The highest BCUT2D eigenvalue weighted by atomic mass is 16.2. The van der Waals surface area contributed by atoms with Crippen molar-refractivity contribution in [3.63, 3.8) is 0 Å². The van der Waals surface area contributed by atoms with Crippen LogP contribution in [0.5, 0.6) is 0 Å². The summed E-state index contributed by atoms with van der Waals surface area (Å²) in [7, 11) is 0. The Labute approximate surface area is 111 Å². The molecule has 0 aromatic heterocycles. The summed E-state index contributed by atoms with van der Waals surface area (Å²) in [6.45, 7) is 0. The lowest BCUT2D eigenvalue weighted by Crippen LogP contribution is -2.32. The predicted molar refractivity (Wildman–Crippen MR) is 73.5 cm³/mol. The quantitative estimate of drug-likeness (QED) is 0.803. The summed E-state index contributed by atoms with van der Waals surface area (Å²) >= 11 is 0. The topological polar surface area (TPSA) is 58.2 Å². The van der Waals surface area contributed by atoms with Crippen molar-refractivity contribution >= 4 is 18.0 Å². The molecule has 0 unspecified atom stereocenters. The van der Waals surface area contributed by atoms with Gasteiger partial charge < -0.3 is 10.6 Å². The van der Waals surface area contributed by atoms with Crippen molar-refractivity contribution in [3.05, 3.63) is 66.2 Å². The average Bonchev–Trinajstić information content (AvgIpc) is 2.46. The molecule has 2 N–H and O–H groups in total. The molecular formula is C15H14N2O2. The van der Waals surface area contributed by atoms with E-state index in [0.717, 1.165) is 5.56 Å². The molecule has 0 heterocycles. The SMILES string of the molecule is O=CN[C@@H](C(=O)Nc1ccccc1)c1ccccc1. The number of nitrogens with one attached hydrogen (secondary N) is 2. The molecule has 0 saturated heterocycles. The summed E-state index contributed by atoms with van der Waals surface area (Å²) in [6, 6.07) is 17.5. The molecular weight excluding hydrogens is 240 g/mol. The number of hydrogen-bond acceptors (Lipinski definition) is 2. The van der Waals surface area contributed by atoms with Crippen molar-refractivity contribution in [2.75, 3.05) is 5.32 Å². The van der Waals surface area contributed by atoms with Gasteiger partial charge in [-0.1, -0.05) is 48.5 Å². The molecule has 0 bridgehead atoms. The maximum Gasteiger partial charge on any atom is 0.251 e. The Kier molecular flexibility index (Phi) is 4.29. The zero-order chi connectivity index (χ0) is 13.5. The number of carbonyl (C=O) groups is 2. The molecule has 2 amide bonds. The molecule has 0 aliphatic carbocycles. The van der Waals surface area contributed by atoms with Gasteiger partial charge in [0.15, 0.2) is 0 Å². The summed E-state index contributed by atoms with van der Waals surface area (Å²) < 4.78 is 0. The number of amides is 2. The Morgan fingerprint density at radius 2 is 1.53 bits per heavy atom. The summed E-state index contributed by atoms with van der Waals surface area (Å²) in [5.41, 5.74) is 1.43. The lowest BCUT2D eigenvalue weighted by molar-refractivity contribution is -0.121. The van der Waals surface area contributed by atoms with Gasteiger partial charge in [-0.05, 0) is 17.7 Å². The van der Waals surface area contributed by atoms with Crippen LogP contribution >= 0.6 is 0 Å². The third-order valence-electron chi connectivity index (χ3n) is 2.67. The van der Waals surface area contributed by atoms with Crippen LogP contribution in [0.15, 0.2) is 60.7 Å². The maximum atomic E-state index is 12.2. The fourth-order valence-electron chi connectivity index (χ4n) is 1.77. The first kappa shape index (κ1) is 12.8. The fourth-order valence-corrected chi connectivity index (χ4v) is 1.77. The van der Waals surface area contributed by atoms with Crippen LogP contribution in [-0.4, -0.2) is 12.3 Å². The van der Waals surface area contributed by atoms with Crippen molar-refractivity contribution in [1.29, 1.82) is 0 Å². The van der Waals surface area contributed by atoms with E-state index in [1.807, 2.05) is 36.4 Å². The minimum atomic E-state index is -0.695. The third-order valence-corrected chi connectivity index (χ3v) is 2.67. The van der Waals surface area contributed by atoms with E-state index in [1.165, 1.54) is 0 Å². The van der Waals surface area contributed by atoms with Crippen LogP contribution in [0, 0.1) is 0 Å². The van der Waals surface area contributed by atoms with Crippen LogP contribution in [0.3, 0.4) is 0 Å². The van der Waals surface area contributed by atoms with E-state index >= 15 is 0 Å². The molecule has 0 aliphatic rings. The first-order valence-corrected chi connectivity index (χ1v) is 5.92. The molecule has 2 aromatic rings. The van der Waals surface area contributed by atoms with Crippen molar-refractivity contribution in [3.8, 4) is 0 Å². The van der Waals surface area contributed by atoms with Gasteiger partial charge in [-0.3, -0.25) is 9.59 Å². The van der Waals surface area contributed by atoms with E-state index in [4.69, 9.17) is 0 Å². The van der Waals surface area contributed by atoms with Crippen molar-refractivity contribution < 1.29 is 9.59 Å². The molecule has 19 heavy (non-hydrogen) atoms. The number of hydrogen-bond donors (Lipinski definition) is 2. The smallest absolute Gasteiger partial charge is 0.251 e. The Bertz CT molecular complexity index is 541. The molecule has 0 aliphatic heterocycles. The zero-order valence-corrected chi connectivity index (χ0v) is 10.2. The summed E-state index contributed by atoms with van der Waals surface area (Å²) in [6.07, 6.45) is 0.530. The molecule has 0 fully saturated rings. The number of anilines is 1. The maximum absolute atomic E-state index is 12.2. The van der Waals surface area contributed by atoms with Crippen LogP contribution in [0.4, 0.5) is 5.69 Å². The Morgan fingerprint density at radius 1 is 0.947 bits per heavy atom. The highest BCUT2D eigenvalue weighted by Gasteiger charge is 2.19. The van der Waals surface area contributed by atoms with Gasteiger partial charge in [0.25, 0.3) is 5.91 Å². The Morgan fingerprint density at radius 3 is 2.11 bits per heavy atom. The molecule has 0 spiro atoms. The monoisotopic (exact) mass is 254 g/mol. The van der Waals surface area contributed by atoms with Crippen LogP contribution in [0.25, 0.3) is 0 Å². The summed E-state index contributed by atoms with van der Waals surface area (Å²) in [5.74, 6) is -0.274. The average molecular weight is 254 g/mol. The minimum Gasteiger partial charge on any atom is -0.343 e. The lowest BCUT2D eigenvalue weighted by atomic mass is 10.1. The molecule has 96 valence electrons. The number of rotatable bonds is 5. The van der Waals surface area contributed by atoms with Gasteiger partial charge in [-0.15, -0.1) is 0 Å². The first-order valence-electron chi connectivity index (χ1n) is 5.92. The highest BCUT2D eigenvalue weighted by Crippen LogP contribution is 2.15. The van der Waals surface area contributed by atoms with Gasteiger partial charge in [0.05, 0.1) is 0 Å². The number of benzene rings is 2. The second-order valence-electron chi connectivity index (χ2n) is 3.98. The summed E-state index contributed by atoms with van der Waals surface area (Å²) in [5, 5.41) is 5.29. The van der Waals surface area contributed by atoms with Crippen LogP contribution in [0.1, 0.15) is 11.6 Å². The van der Waals surface area contributed by atoms with E-state index in [0.29, 0.717) is 12.1 Å². The van der Waals surface area contributed by atoms with Crippen LogP contribution in [0.2, 0.25) is 0 Å². The van der Waals surface area contributed by atoms with Crippen molar-refractivity contribution in [1.82, 2.24) is 5.32 Å². The minimum absolute atomic E-state index is 0.274. The molecule has 4 heteroatoms. The largest absolute Gasteiger partial charge is 0.343 e. The number of carbonyl (C=O) groups excluding carboxylic acids is 2. The first-order chi connectivity index (χ1) is 9.31. The molecule has 4 nitrogen and oxygen atoms in total. The van der Waals surface area contributed by atoms with Crippen molar-refractivity contribution in [2.24, 2.45) is 0 Å². The number of para-hydroxylation sites is 1. The van der Waals surface area contributed by atoms with E-state index in [-0.39, 0.29) is 5.91 Å². The standard InChI is InChI=1S/C15H14N2O2/c18-11-16-14(12-7-3-1-4-8-12)15(19)17-13-9-5-2-6-10-13/h1-11,14H,(H,16,18)(H,17,19)/t14-/m1/s1. The molecule has 0 saturated carbocycles. The molecule has 0 radical (unpaired) electrons. The highest BCUT2D eigenvalue weighted by molar-refractivity contribution is 5.96.